The molecule has 1 aromatic heterocycles. The minimum atomic E-state index is -1.11. The SMILES string of the molecule is COC(=O)c1oc(/C=C/C2(NC(=O)OC(C)(C)C)CCCCN(C(=O)OC(C)(C)C)C2)cc(=O)c1OCc1ccccc1. The lowest BCUT2D eigenvalue weighted by molar-refractivity contribution is 0.0198. The molecule has 43 heavy (non-hydrogen) atoms. The van der Waals surface area contributed by atoms with Gasteiger partial charge in [-0.3, -0.25) is 4.79 Å². The molecule has 3 rings (SSSR count). The largest absolute Gasteiger partial charge is 0.481 e. The third kappa shape index (κ3) is 10.2. The average Bonchev–Trinajstić information content (AvgIpc) is 3.12. The van der Waals surface area contributed by atoms with E-state index in [1.807, 2.05) is 30.3 Å². The summed E-state index contributed by atoms with van der Waals surface area (Å²) in [6.45, 7) is 11.1. The molecule has 0 spiro atoms. The number of amides is 2. The van der Waals surface area contributed by atoms with Crippen molar-refractivity contribution in [2.45, 2.75) is 84.2 Å². The number of ether oxygens (including phenoxy) is 4. The molecule has 0 bridgehead atoms. The van der Waals surface area contributed by atoms with E-state index in [1.54, 1.807) is 47.6 Å². The van der Waals surface area contributed by atoms with Gasteiger partial charge in [-0.25, -0.2) is 14.4 Å². The van der Waals surface area contributed by atoms with E-state index in [0.29, 0.717) is 25.8 Å². The van der Waals surface area contributed by atoms with Crippen LogP contribution in [0.25, 0.3) is 6.08 Å². The fourth-order valence-corrected chi connectivity index (χ4v) is 4.43. The normalized spacial score (nSPS) is 17.6. The molecule has 1 aliphatic heterocycles. The Morgan fingerprint density at radius 3 is 2.33 bits per heavy atom. The van der Waals surface area contributed by atoms with E-state index in [9.17, 15) is 19.2 Å². The van der Waals surface area contributed by atoms with E-state index in [4.69, 9.17) is 23.4 Å². The quantitative estimate of drug-likeness (QED) is 0.314. The van der Waals surface area contributed by atoms with Crippen LogP contribution in [0.5, 0.6) is 5.75 Å². The number of methoxy groups -OCH3 is 1. The van der Waals surface area contributed by atoms with E-state index in [0.717, 1.165) is 5.56 Å². The van der Waals surface area contributed by atoms with Crippen LogP contribution in [0, 0.1) is 0 Å². The van der Waals surface area contributed by atoms with Crippen molar-refractivity contribution in [3.63, 3.8) is 0 Å². The first-order chi connectivity index (χ1) is 20.1. The minimum absolute atomic E-state index is 0.0240. The Morgan fingerprint density at radius 2 is 1.70 bits per heavy atom. The molecule has 1 aliphatic rings. The predicted octanol–water partition coefficient (Wildman–Crippen LogP) is 5.70. The molecule has 1 aromatic carbocycles. The fraction of sp³-hybridized carbons (Fsp3) is 0.500. The lowest BCUT2D eigenvalue weighted by Gasteiger charge is -2.36. The summed E-state index contributed by atoms with van der Waals surface area (Å²) in [5.74, 6) is -1.53. The summed E-state index contributed by atoms with van der Waals surface area (Å²) in [6, 6.07) is 10.3. The average molecular weight is 599 g/mol. The topological polar surface area (TPSA) is 134 Å². The summed E-state index contributed by atoms with van der Waals surface area (Å²) >= 11 is 0. The maximum absolute atomic E-state index is 13.1. The van der Waals surface area contributed by atoms with E-state index in [1.165, 1.54) is 24.2 Å². The van der Waals surface area contributed by atoms with Gasteiger partial charge in [-0.05, 0) is 72.4 Å². The van der Waals surface area contributed by atoms with Gasteiger partial charge in [-0.2, -0.15) is 0 Å². The van der Waals surface area contributed by atoms with E-state index in [-0.39, 0.29) is 24.7 Å². The monoisotopic (exact) mass is 598 g/mol. The molecule has 1 N–H and O–H groups in total. The third-order valence-electron chi connectivity index (χ3n) is 6.26. The van der Waals surface area contributed by atoms with Gasteiger partial charge < -0.3 is 33.6 Å². The smallest absolute Gasteiger partial charge is 0.410 e. The van der Waals surface area contributed by atoms with Crippen LogP contribution in [0.15, 0.2) is 51.7 Å². The number of nitrogens with one attached hydrogen (secondary N) is 1. The molecular weight excluding hydrogens is 556 g/mol. The Hall–Kier alpha value is -4.28. The molecule has 1 saturated heterocycles. The number of alkyl carbamates (subject to hydrolysis) is 1. The first kappa shape index (κ1) is 33.2. The zero-order valence-corrected chi connectivity index (χ0v) is 26.0. The van der Waals surface area contributed by atoms with Crippen molar-refractivity contribution in [1.82, 2.24) is 10.2 Å². The molecule has 11 nitrogen and oxygen atoms in total. The molecule has 0 radical (unpaired) electrons. The van der Waals surface area contributed by atoms with Crippen LogP contribution in [0.3, 0.4) is 0 Å². The van der Waals surface area contributed by atoms with Gasteiger partial charge in [0.15, 0.2) is 0 Å². The molecule has 2 heterocycles. The Morgan fingerprint density at radius 1 is 1.02 bits per heavy atom. The summed E-state index contributed by atoms with van der Waals surface area (Å²) in [5.41, 5.74) is -2.38. The number of nitrogens with zero attached hydrogens (tertiary/aromatic N) is 1. The fourth-order valence-electron chi connectivity index (χ4n) is 4.43. The molecule has 234 valence electrons. The highest BCUT2D eigenvalue weighted by Crippen LogP contribution is 2.27. The number of likely N-dealkylation sites (tertiary alicyclic amines) is 1. The van der Waals surface area contributed by atoms with Gasteiger partial charge in [0.25, 0.3) is 5.76 Å². The molecule has 1 fully saturated rings. The summed E-state index contributed by atoms with van der Waals surface area (Å²) in [5, 5.41) is 2.93. The zero-order valence-electron chi connectivity index (χ0n) is 26.0. The highest BCUT2D eigenvalue weighted by atomic mass is 16.6. The standard InChI is InChI=1S/C32H42N2O9/c1-30(2,3)42-28(37)33-32(16-11-12-18-34(21-32)29(38)43-31(4,5)6)17-15-23-19-24(35)25(26(41-23)27(36)39-7)40-20-22-13-9-8-10-14-22/h8-10,13-15,17,19H,11-12,16,18,20-21H2,1-7H3,(H,33,37)/b17-15+. The summed E-state index contributed by atoms with van der Waals surface area (Å²) in [4.78, 5) is 53.3. The molecular formula is C32H42N2O9. The van der Waals surface area contributed by atoms with E-state index < -0.39 is 46.1 Å². The van der Waals surface area contributed by atoms with Crippen LogP contribution in [-0.4, -0.2) is 60.0 Å². The van der Waals surface area contributed by atoms with Crippen molar-refractivity contribution < 1.29 is 37.7 Å². The maximum atomic E-state index is 13.1. The van der Waals surface area contributed by atoms with Crippen LogP contribution in [0.4, 0.5) is 9.59 Å². The highest BCUT2D eigenvalue weighted by molar-refractivity contribution is 5.89. The lowest BCUT2D eigenvalue weighted by atomic mass is 9.92. The van der Waals surface area contributed by atoms with Gasteiger partial charge in [-0.1, -0.05) is 36.4 Å². The van der Waals surface area contributed by atoms with E-state index in [2.05, 4.69) is 5.32 Å². The van der Waals surface area contributed by atoms with Crippen LogP contribution in [-0.2, 0) is 20.8 Å². The second-order valence-corrected chi connectivity index (χ2v) is 12.4. The van der Waals surface area contributed by atoms with Crippen LogP contribution >= 0.6 is 0 Å². The Labute approximate surface area is 252 Å². The summed E-state index contributed by atoms with van der Waals surface area (Å²) in [6.07, 6.45) is 3.73. The predicted molar refractivity (Wildman–Crippen MR) is 160 cm³/mol. The van der Waals surface area contributed by atoms with Crippen molar-refractivity contribution >= 4 is 24.2 Å². The highest BCUT2D eigenvalue weighted by Gasteiger charge is 2.38. The van der Waals surface area contributed by atoms with Gasteiger partial charge in [0.2, 0.25) is 11.2 Å². The number of carbonyl (C=O) groups excluding carboxylic acids is 3. The van der Waals surface area contributed by atoms with Gasteiger partial charge in [0.05, 0.1) is 19.2 Å². The summed E-state index contributed by atoms with van der Waals surface area (Å²) < 4.78 is 27.4. The molecule has 11 heteroatoms. The first-order valence-corrected chi connectivity index (χ1v) is 14.2. The molecule has 2 amide bonds. The van der Waals surface area contributed by atoms with Crippen LogP contribution < -0.4 is 15.5 Å². The van der Waals surface area contributed by atoms with Gasteiger partial charge in [0, 0.05) is 12.6 Å². The van der Waals surface area contributed by atoms with E-state index >= 15 is 0 Å². The molecule has 1 unspecified atom stereocenters. The Bertz CT molecular complexity index is 1370. The second-order valence-electron chi connectivity index (χ2n) is 12.4. The third-order valence-corrected chi connectivity index (χ3v) is 6.26. The zero-order chi connectivity index (χ0) is 31.8. The van der Waals surface area contributed by atoms with Crippen molar-refractivity contribution in [3.8, 4) is 5.75 Å². The molecule has 2 aromatic rings. The Kier molecular flexibility index (Phi) is 10.7. The molecule has 1 atom stereocenters. The van der Waals surface area contributed by atoms with Crippen molar-refractivity contribution in [3.05, 3.63) is 69.8 Å². The van der Waals surface area contributed by atoms with Gasteiger partial charge in [-0.15, -0.1) is 0 Å². The van der Waals surface area contributed by atoms with Crippen molar-refractivity contribution in [2.24, 2.45) is 0 Å². The summed E-state index contributed by atoms with van der Waals surface area (Å²) in [7, 11) is 1.17. The number of esters is 1. The number of carbonyl (C=O) groups is 3. The van der Waals surface area contributed by atoms with Gasteiger partial charge >= 0.3 is 18.2 Å². The number of hydrogen-bond acceptors (Lipinski definition) is 9. The van der Waals surface area contributed by atoms with Crippen LogP contribution in [0.2, 0.25) is 0 Å². The minimum Gasteiger partial charge on any atom is -0.481 e. The first-order valence-electron chi connectivity index (χ1n) is 14.2. The molecule has 0 aliphatic carbocycles. The second kappa shape index (κ2) is 13.8. The lowest BCUT2D eigenvalue weighted by Crippen LogP contribution is -2.55. The van der Waals surface area contributed by atoms with Crippen molar-refractivity contribution in [2.75, 3.05) is 20.2 Å². The Balaban J connectivity index is 1.99. The maximum Gasteiger partial charge on any atom is 0.410 e. The number of hydrogen-bond donors (Lipinski definition) is 1. The number of benzene rings is 1. The molecule has 0 saturated carbocycles. The van der Waals surface area contributed by atoms with Crippen molar-refractivity contribution in [1.29, 1.82) is 0 Å². The number of rotatable bonds is 7. The van der Waals surface area contributed by atoms with Crippen LogP contribution in [0.1, 0.15) is 82.7 Å². The van der Waals surface area contributed by atoms with Gasteiger partial charge in [0.1, 0.15) is 23.6 Å².